The third-order valence-electron chi connectivity index (χ3n) is 8.64. The summed E-state index contributed by atoms with van der Waals surface area (Å²) in [6.07, 6.45) is 10.1. The quantitative estimate of drug-likeness (QED) is 0.265. The average Bonchev–Trinajstić information content (AvgIpc) is 3.33. The molecule has 3 saturated carbocycles. The fourth-order valence-electron chi connectivity index (χ4n) is 6.80. The maximum absolute atomic E-state index is 9.88. The second-order valence-electron chi connectivity index (χ2n) is 10.7. The lowest BCUT2D eigenvalue weighted by Gasteiger charge is -2.42. The number of fused-ring (bicyclic) bond motifs is 6. The van der Waals surface area contributed by atoms with Crippen LogP contribution in [-0.4, -0.2) is 4.98 Å². The van der Waals surface area contributed by atoms with Gasteiger partial charge in [0.1, 0.15) is 11.2 Å². The fourth-order valence-corrected chi connectivity index (χ4v) is 6.80. The Bertz CT molecular complexity index is 1620. The van der Waals surface area contributed by atoms with Crippen LogP contribution in [0, 0.1) is 29.1 Å². The number of furan rings is 1. The van der Waals surface area contributed by atoms with Crippen LogP contribution in [0.25, 0.3) is 44.3 Å². The van der Waals surface area contributed by atoms with Gasteiger partial charge in [-0.05, 0) is 96.5 Å². The molecule has 3 nitrogen and oxygen atoms in total. The maximum atomic E-state index is 9.88. The normalized spacial score (nSPS) is 21.1. The molecule has 0 radical (unpaired) electrons. The molecule has 5 aromatic rings. The van der Waals surface area contributed by atoms with Gasteiger partial charge in [-0.1, -0.05) is 49.2 Å². The predicted molar refractivity (Wildman–Crippen MR) is 144 cm³/mol. The molecule has 3 aromatic carbocycles. The third-order valence-corrected chi connectivity index (χ3v) is 8.64. The molecule has 0 N–H and O–H groups in total. The van der Waals surface area contributed by atoms with Crippen molar-refractivity contribution in [1.29, 1.82) is 5.26 Å². The van der Waals surface area contributed by atoms with Crippen LogP contribution in [-0.2, 0) is 6.42 Å². The summed E-state index contributed by atoms with van der Waals surface area (Å²) < 4.78 is 6.48. The van der Waals surface area contributed by atoms with E-state index in [1.54, 1.807) is 0 Å². The molecule has 3 heteroatoms. The highest BCUT2D eigenvalue weighted by molar-refractivity contribution is 6.12. The van der Waals surface area contributed by atoms with E-state index in [9.17, 15) is 5.26 Å². The van der Waals surface area contributed by atoms with Crippen molar-refractivity contribution in [3.63, 3.8) is 0 Å². The number of hydrogen-bond donors (Lipinski definition) is 0. The molecule has 3 fully saturated rings. The van der Waals surface area contributed by atoms with Gasteiger partial charge >= 0.3 is 0 Å². The second-order valence-corrected chi connectivity index (χ2v) is 10.7. The van der Waals surface area contributed by atoms with Gasteiger partial charge in [-0.25, -0.2) is 0 Å². The van der Waals surface area contributed by atoms with Crippen LogP contribution in [0.5, 0.6) is 0 Å². The Morgan fingerprint density at radius 1 is 0.889 bits per heavy atom. The molecule has 0 amide bonds. The van der Waals surface area contributed by atoms with Gasteiger partial charge < -0.3 is 4.42 Å². The van der Waals surface area contributed by atoms with Crippen LogP contribution in [0.2, 0.25) is 0 Å². The van der Waals surface area contributed by atoms with Gasteiger partial charge in [0.15, 0.2) is 0 Å². The molecule has 3 aliphatic rings. The van der Waals surface area contributed by atoms with Crippen molar-refractivity contribution >= 4 is 21.9 Å². The summed E-state index contributed by atoms with van der Waals surface area (Å²) in [6, 6.07) is 27.3. The predicted octanol–water partition coefficient (Wildman–Crippen LogP) is 8.56. The summed E-state index contributed by atoms with van der Waals surface area (Å²) in [6.45, 7) is 0. The topological polar surface area (TPSA) is 49.8 Å². The third kappa shape index (κ3) is 3.60. The lowest BCUT2D eigenvalue weighted by atomic mass is 9.63. The maximum Gasteiger partial charge on any atom is 0.146 e. The second kappa shape index (κ2) is 8.64. The van der Waals surface area contributed by atoms with Crippen LogP contribution in [0.15, 0.2) is 83.4 Å². The van der Waals surface area contributed by atoms with Gasteiger partial charge in [0, 0.05) is 22.5 Å². The zero-order chi connectivity index (χ0) is 24.1. The number of nitriles is 1. The summed E-state index contributed by atoms with van der Waals surface area (Å²) >= 11 is 0. The molecule has 2 heterocycles. The summed E-state index contributed by atoms with van der Waals surface area (Å²) in [7, 11) is 0. The Labute approximate surface area is 211 Å². The molecule has 36 heavy (non-hydrogen) atoms. The first-order chi connectivity index (χ1) is 17.8. The highest BCUT2D eigenvalue weighted by atomic mass is 16.3. The van der Waals surface area contributed by atoms with Crippen molar-refractivity contribution in [3.05, 3.63) is 90.1 Å². The number of benzene rings is 3. The Kier molecular flexibility index (Phi) is 5.13. The van der Waals surface area contributed by atoms with Crippen molar-refractivity contribution in [2.75, 3.05) is 0 Å². The molecular formula is C33H28N2O. The molecule has 0 spiro atoms. The fraction of sp³-hybridized carbons (Fsp3) is 0.273. The Hall–Kier alpha value is -3.90. The number of pyridine rings is 1. The molecule has 1 atom stereocenters. The van der Waals surface area contributed by atoms with Gasteiger partial charge in [-0.15, -0.1) is 0 Å². The van der Waals surface area contributed by atoms with Crippen LogP contribution < -0.4 is 0 Å². The minimum absolute atomic E-state index is 0.634. The number of hydrogen-bond acceptors (Lipinski definition) is 3. The molecule has 8 rings (SSSR count). The molecule has 2 aromatic heterocycles. The molecule has 0 saturated heterocycles. The Morgan fingerprint density at radius 3 is 2.53 bits per heavy atom. The van der Waals surface area contributed by atoms with Crippen molar-refractivity contribution < 1.29 is 4.42 Å². The Balaban J connectivity index is 1.31. The van der Waals surface area contributed by atoms with E-state index in [1.807, 2.05) is 36.5 Å². The van der Waals surface area contributed by atoms with Crippen LogP contribution >= 0.6 is 0 Å². The molecule has 1 unspecified atom stereocenters. The molecular weight excluding hydrogens is 440 g/mol. The van der Waals surface area contributed by atoms with Crippen molar-refractivity contribution in [2.24, 2.45) is 17.8 Å². The lowest BCUT2D eigenvalue weighted by molar-refractivity contribution is 0.0991. The van der Waals surface area contributed by atoms with E-state index < -0.39 is 0 Å². The number of nitrogens with zero attached hydrogens (tertiary/aromatic N) is 2. The summed E-state index contributed by atoms with van der Waals surface area (Å²) in [4.78, 5) is 4.75. The van der Waals surface area contributed by atoms with Crippen LogP contribution in [0.4, 0.5) is 0 Å². The minimum atomic E-state index is 0.634. The molecule has 3 aliphatic carbocycles. The van der Waals surface area contributed by atoms with Crippen LogP contribution in [0.3, 0.4) is 0 Å². The van der Waals surface area contributed by atoms with Gasteiger partial charge in [0.05, 0.1) is 17.3 Å². The van der Waals surface area contributed by atoms with Gasteiger partial charge in [-0.3, -0.25) is 4.98 Å². The Morgan fingerprint density at radius 2 is 1.75 bits per heavy atom. The van der Waals surface area contributed by atoms with Gasteiger partial charge in [-0.2, -0.15) is 5.26 Å². The molecule has 2 bridgehead atoms. The average molecular weight is 469 g/mol. The van der Waals surface area contributed by atoms with Crippen LogP contribution in [0.1, 0.15) is 43.2 Å². The SMILES string of the molecule is N#Cc1ccc(-c2cc(CC3CC4CCC3CC4)ccn2)c2oc3cc(-c4ccccc4)ccc3c12. The van der Waals surface area contributed by atoms with Crippen molar-refractivity contribution in [1.82, 2.24) is 4.98 Å². The van der Waals surface area contributed by atoms with E-state index in [-0.39, 0.29) is 0 Å². The number of rotatable bonds is 4. The highest BCUT2D eigenvalue weighted by Crippen LogP contribution is 2.46. The largest absolute Gasteiger partial charge is 0.455 e. The van der Waals surface area contributed by atoms with E-state index >= 15 is 0 Å². The standard InChI is InChI=1S/C33H28N2O/c34-20-26-11-12-28(30-18-22(14-15-35-30)17-27-16-21-6-8-24(27)9-7-21)33-32(26)29-13-10-25(19-31(29)36-33)23-4-2-1-3-5-23/h1-5,10-15,18-19,21,24,27H,6-9,16-17H2. The summed E-state index contributed by atoms with van der Waals surface area (Å²) in [5.41, 5.74) is 7.65. The molecule has 0 aliphatic heterocycles. The van der Waals surface area contributed by atoms with Gasteiger partial charge in [0.25, 0.3) is 0 Å². The first-order valence-electron chi connectivity index (χ1n) is 13.2. The van der Waals surface area contributed by atoms with Gasteiger partial charge in [0.2, 0.25) is 0 Å². The zero-order valence-electron chi connectivity index (χ0n) is 20.3. The highest BCUT2D eigenvalue weighted by Gasteiger charge is 2.35. The van der Waals surface area contributed by atoms with E-state index in [1.165, 1.54) is 37.7 Å². The zero-order valence-corrected chi connectivity index (χ0v) is 20.3. The first-order valence-corrected chi connectivity index (χ1v) is 13.2. The monoisotopic (exact) mass is 468 g/mol. The minimum Gasteiger partial charge on any atom is -0.455 e. The number of aromatic nitrogens is 1. The van der Waals surface area contributed by atoms with Crippen molar-refractivity contribution in [2.45, 2.75) is 38.5 Å². The summed E-state index contributed by atoms with van der Waals surface area (Å²) in [5.74, 6) is 2.63. The molecule has 176 valence electrons. The van der Waals surface area contributed by atoms with E-state index in [4.69, 9.17) is 9.40 Å². The van der Waals surface area contributed by atoms with E-state index in [0.717, 1.165) is 68.5 Å². The lowest BCUT2D eigenvalue weighted by Crippen LogP contribution is -2.32. The smallest absolute Gasteiger partial charge is 0.146 e. The first kappa shape index (κ1) is 21.4. The van der Waals surface area contributed by atoms with E-state index in [2.05, 4.69) is 48.5 Å². The summed E-state index contributed by atoms with van der Waals surface area (Å²) in [5, 5.41) is 11.7. The van der Waals surface area contributed by atoms with Crippen molar-refractivity contribution in [3.8, 4) is 28.5 Å². The van der Waals surface area contributed by atoms with E-state index in [0.29, 0.717) is 5.56 Å².